The van der Waals surface area contributed by atoms with Crippen molar-refractivity contribution in [2.45, 2.75) is 13.3 Å². The lowest BCUT2D eigenvalue weighted by molar-refractivity contribution is 0.969. The summed E-state index contributed by atoms with van der Waals surface area (Å²) < 4.78 is 0. The molecule has 0 unspecified atom stereocenters. The second-order valence-corrected chi connectivity index (χ2v) is 2.07. The highest BCUT2D eigenvalue weighted by Crippen LogP contribution is 1.97. The zero-order valence-corrected chi connectivity index (χ0v) is 6.09. The Hall–Kier alpha value is -1.05. The Morgan fingerprint density at radius 2 is 2.60 bits per heavy atom. The normalized spacial score (nSPS) is 9.30. The van der Waals surface area contributed by atoms with Gasteiger partial charge in [-0.2, -0.15) is 0 Å². The molecule has 0 aliphatic carbocycles. The van der Waals surface area contributed by atoms with Gasteiger partial charge in [-0.15, -0.1) is 0 Å². The molecular weight excluding hydrogens is 124 g/mol. The fraction of sp³-hybridized carbons (Fsp3) is 0.375. The first-order valence-electron chi connectivity index (χ1n) is 3.49. The number of rotatable bonds is 3. The van der Waals surface area contributed by atoms with Crippen molar-refractivity contribution in [3.05, 3.63) is 24.4 Å². The Balaban J connectivity index is 2.43. The highest BCUT2D eigenvalue weighted by atomic mass is 15.0. The van der Waals surface area contributed by atoms with Crippen LogP contribution in [0.1, 0.15) is 13.3 Å². The molecule has 10 heavy (non-hydrogen) atoms. The van der Waals surface area contributed by atoms with Gasteiger partial charge in [-0.3, -0.25) is 0 Å². The van der Waals surface area contributed by atoms with Gasteiger partial charge in [0.15, 0.2) is 0 Å². The number of pyridine rings is 1. The van der Waals surface area contributed by atoms with E-state index in [1.165, 1.54) is 0 Å². The van der Waals surface area contributed by atoms with Crippen molar-refractivity contribution in [2.24, 2.45) is 0 Å². The molecule has 0 fully saturated rings. The van der Waals surface area contributed by atoms with Gasteiger partial charge in [-0.05, 0) is 18.6 Å². The van der Waals surface area contributed by atoms with Gasteiger partial charge in [0.05, 0.1) is 0 Å². The standard InChI is InChI=1S/C8H11N2/c1-2-6-9-8-5-3-4-7-10-8/h3,5,7H,2,6H2,1H3,(H,9,10). The lowest BCUT2D eigenvalue weighted by Crippen LogP contribution is -2.00. The summed E-state index contributed by atoms with van der Waals surface area (Å²) in [5.74, 6) is 0.931. The van der Waals surface area contributed by atoms with E-state index < -0.39 is 0 Å². The van der Waals surface area contributed by atoms with Crippen LogP contribution in [0.5, 0.6) is 0 Å². The number of nitrogens with zero attached hydrogens (tertiary/aromatic N) is 1. The van der Waals surface area contributed by atoms with Crippen LogP contribution in [0.25, 0.3) is 0 Å². The zero-order valence-electron chi connectivity index (χ0n) is 6.09. The molecule has 53 valence electrons. The molecule has 0 bridgehead atoms. The van der Waals surface area contributed by atoms with Crippen molar-refractivity contribution in [3.63, 3.8) is 0 Å². The maximum absolute atomic E-state index is 4.05. The first kappa shape index (κ1) is 7.06. The molecule has 1 rings (SSSR count). The number of hydrogen-bond acceptors (Lipinski definition) is 2. The zero-order chi connectivity index (χ0) is 7.23. The fourth-order valence-electron chi connectivity index (χ4n) is 0.678. The van der Waals surface area contributed by atoms with Gasteiger partial charge in [0.25, 0.3) is 0 Å². The molecule has 0 aliphatic rings. The van der Waals surface area contributed by atoms with Crippen molar-refractivity contribution in [3.8, 4) is 0 Å². The van der Waals surface area contributed by atoms with Crippen LogP contribution < -0.4 is 5.32 Å². The lowest BCUT2D eigenvalue weighted by atomic mass is 10.4. The first-order valence-corrected chi connectivity index (χ1v) is 3.49. The Labute approximate surface area is 61.3 Å². The molecule has 1 radical (unpaired) electrons. The first-order chi connectivity index (χ1) is 4.93. The highest BCUT2D eigenvalue weighted by Gasteiger charge is 1.86. The van der Waals surface area contributed by atoms with Gasteiger partial charge in [0, 0.05) is 18.8 Å². The summed E-state index contributed by atoms with van der Waals surface area (Å²) in [7, 11) is 0. The minimum Gasteiger partial charge on any atom is -0.370 e. The largest absolute Gasteiger partial charge is 0.370 e. The second-order valence-electron chi connectivity index (χ2n) is 2.07. The molecule has 0 saturated heterocycles. The minimum atomic E-state index is 0.931. The van der Waals surface area contributed by atoms with Crippen LogP contribution in [0, 0.1) is 6.07 Å². The van der Waals surface area contributed by atoms with Crippen LogP contribution in [-0.2, 0) is 0 Å². The summed E-state index contributed by atoms with van der Waals surface area (Å²) in [4.78, 5) is 4.05. The number of anilines is 1. The summed E-state index contributed by atoms with van der Waals surface area (Å²) >= 11 is 0. The summed E-state index contributed by atoms with van der Waals surface area (Å²) in [5, 5.41) is 3.16. The van der Waals surface area contributed by atoms with E-state index in [9.17, 15) is 0 Å². The lowest BCUT2D eigenvalue weighted by Gasteiger charge is -2.00. The van der Waals surface area contributed by atoms with Gasteiger partial charge in [-0.25, -0.2) is 4.98 Å². The molecule has 0 atom stereocenters. The van der Waals surface area contributed by atoms with Gasteiger partial charge in [0.1, 0.15) is 5.82 Å². The molecule has 0 aromatic carbocycles. The van der Waals surface area contributed by atoms with Crippen LogP contribution in [0.4, 0.5) is 5.82 Å². The van der Waals surface area contributed by atoms with Crippen molar-refractivity contribution in [1.82, 2.24) is 4.98 Å². The Kier molecular flexibility index (Phi) is 2.74. The smallest absolute Gasteiger partial charge is 0.125 e. The predicted molar refractivity (Wildman–Crippen MR) is 41.9 cm³/mol. The van der Waals surface area contributed by atoms with E-state index >= 15 is 0 Å². The van der Waals surface area contributed by atoms with E-state index in [1.807, 2.05) is 12.1 Å². The number of hydrogen-bond donors (Lipinski definition) is 1. The molecule has 1 N–H and O–H groups in total. The summed E-state index contributed by atoms with van der Waals surface area (Å²) in [5.41, 5.74) is 0. The van der Waals surface area contributed by atoms with Crippen molar-refractivity contribution in [1.29, 1.82) is 0 Å². The maximum Gasteiger partial charge on any atom is 0.125 e. The number of aromatic nitrogens is 1. The Morgan fingerprint density at radius 1 is 1.70 bits per heavy atom. The van der Waals surface area contributed by atoms with E-state index in [0.717, 1.165) is 18.8 Å². The summed E-state index contributed by atoms with van der Waals surface area (Å²) in [6, 6.07) is 6.62. The molecule has 1 heterocycles. The third-order valence-electron chi connectivity index (χ3n) is 1.17. The van der Waals surface area contributed by atoms with Crippen LogP contribution in [0.3, 0.4) is 0 Å². The van der Waals surface area contributed by atoms with Crippen molar-refractivity contribution >= 4 is 5.82 Å². The van der Waals surface area contributed by atoms with Crippen molar-refractivity contribution < 1.29 is 0 Å². The number of nitrogens with one attached hydrogen (secondary N) is 1. The van der Waals surface area contributed by atoms with E-state index in [2.05, 4.69) is 23.3 Å². The molecule has 0 aliphatic heterocycles. The van der Waals surface area contributed by atoms with Crippen LogP contribution in [0.2, 0.25) is 0 Å². The topological polar surface area (TPSA) is 24.9 Å². The van der Waals surface area contributed by atoms with E-state index in [1.54, 1.807) is 6.20 Å². The average molecular weight is 135 g/mol. The van der Waals surface area contributed by atoms with Gasteiger partial charge in [0.2, 0.25) is 0 Å². The second kappa shape index (κ2) is 3.88. The highest BCUT2D eigenvalue weighted by molar-refractivity contribution is 5.32. The maximum atomic E-state index is 4.05. The van der Waals surface area contributed by atoms with Crippen LogP contribution in [0.15, 0.2) is 18.3 Å². The molecule has 0 saturated carbocycles. The average Bonchev–Trinajstić information content (AvgIpc) is 2.03. The SMILES string of the molecule is CCCNc1cc[c]cn1. The molecule has 1 aromatic heterocycles. The van der Waals surface area contributed by atoms with E-state index in [-0.39, 0.29) is 0 Å². The predicted octanol–water partition coefficient (Wildman–Crippen LogP) is 1.70. The Bertz CT molecular complexity index is 172. The van der Waals surface area contributed by atoms with E-state index in [0.29, 0.717) is 0 Å². The van der Waals surface area contributed by atoms with Gasteiger partial charge in [-0.1, -0.05) is 6.92 Å². The quantitative estimate of drug-likeness (QED) is 0.682. The summed E-state index contributed by atoms with van der Waals surface area (Å²) in [6.45, 7) is 3.11. The fourth-order valence-corrected chi connectivity index (χ4v) is 0.678. The van der Waals surface area contributed by atoms with Gasteiger partial charge >= 0.3 is 0 Å². The third-order valence-corrected chi connectivity index (χ3v) is 1.17. The van der Waals surface area contributed by atoms with Crippen LogP contribution in [-0.4, -0.2) is 11.5 Å². The molecular formula is C8H11N2. The molecule has 2 heteroatoms. The molecule has 0 amide bonds. The van der Waals surface area contributed by atoms with Gasteiger partial charge < -0.3 is 5.32 Å². The van der Waals surface area contributed by atoms with Crippen molar-refractivity contribution in [2.75, 3.05) is 11.9 Å². The summed E-state index contributed by atoms with van der Waals surface area (Å²) in [6.07, 6.45) is 2.79. The monoisotopic (exact) mass is 135 g/mol. The van der Waals surface area contributed by atoms with Crippen LogP contribution >= 0.6 is 0 Å². The third kappa shape index (κ3) is 2.05. The molecule has 0 spiro atoms. The molecule has 2 nitrogen and oxygen atoms in total. The molecule has 1 aromatic rings. The minimum absolute atomic E-state index is 0.931. The Morgan fingerprint density at radius 3 is 3.20 bits per heavy atom. The van der Waals surface area contributed by atoms with E-state index in [4.69, 9.17) is 0 Å².